The number of alkyl halides is 12. The molecule has 0 unspecified atom stereocenters. The molecule has 3 amide bonds. The van der Waals surface area contributed by atoms with Gasteiger partial charge in [0.2, 0.25) is 5.91 Å². The Morgan fingerprint density at radius 2 is 1.00 bits per heavy atom. The lowest BCUT2D eigenvalue weighted by atomic mass is 9.80. The first-order valence-corrected chi connectivity index (χ1v) is 23.2. The van der Waals surface area contributed by atoms with Gasteiger partial charge >= 0.3 is 30.7 Å². The number of rotatable bonds is 14. The predicted molar refractivity (Wildman–Crippen MR) is 243 cm³/mol. The fraction of sp³-hybridized carbons (Fsp3) is 0.490. The fourth-order valence-electron chi connectivity index (χ4n) is 8.72. The molecular weight excluding hydrogens is 975 g/mol. The molecule has 0 radical (unpaired) electrons. The van der Waals surface area contributed by atoms with Gasteiger partial charge in [-0.05, 0) is 104 Å². The Bertz CT molecular complexity index is 2430. The molecule has 4 aromatic rings. The van der Waals surface area contributed by atoms with Crippen LogP contribution in [0.5, 0.6) is 0 Å². The summed E-state index contributed by atoms with van der Waals surface area (Å²) in [5.41, 5.74) is -7.11. The van der Waals surface area contributed by atoms with E-state index in [-0.39, 0.29) is 68.1 Å². The van der Waals surface area contributed by atoms with E-state index in [4.69, 9.17) is 9.47 Å². The van der Waals surface area contributed by atoms with Crippen LogP contribution in [-0.4, -0.2) is 50.3 Å². The highest BCUT2D eigenvalue weighted by molar-refractivity contribution is 5.81. The van der Waals surface area contributed by atoms with E-state index in [1.165, 1.54) is 13.8 Å². The highest BCUT2D eigenvalue weighted by Crippen LogP contribution is 2.41. The Morgan fingerprint density at radius 1 is 0.583 bits per heavy atom. The standard InChI is InChI=1S/C51H57F12N5O4/c1-30(33-19-37(48(52,53)54)23-38(20-33)49(55,56)57)71-28-46(35-11-7-6-8-12-35)16-15-42(27-65-46)68-44(70)64-25-32-10-9-13-36(18-32)47(17-14-41(26-66-47)67-43(69)45(3,4)5)29-72-31(2)34-21-39(50(58,59)60)24-40(22-34)51(61,62)63/h6-13,18-24,30-31,41-42,65-66H,14-17,25-29H2,1-5H3,(H,67,69)(H2,64,68,70)/t30-,31-,41+,42+,46-,47-/m1/s1. The van der Waals surface area contributed by atoms with E-state index in [2.05, 4.69) is 26.6 Å². The molecule has 2 heterocycles. The second-order valence-electron chi connectivity index (χ2n) is 19.6. The van der Waals surface area contributed by atoms with Crippen LogP contribution in [0, 0.1) is 5.41 Å². The van der Waals surface area contributed by atoms with E-state index in [1.54, 1.807) is 63.2 Å². The molecule has 6 rings (SSSR count). The third-order valence-electron chi connectivity index (χ3n) is 13.1. The van der Waals surface area contributed by atoms with E-state index in [0.29, 0.717) is 61.1 Å². The molecule has 6 atom stereocenters. The molecule has 2 aliphatic rings. The van der Waals surface area contributed by atoms with Gasteiger partial charge in [0.05, 0.1) is 58.8 Å². The second-order valence-corrected chi connectivity index (χ2v) is 19.6. The summed E-state index contributed by atoms with van der Waals surface area (Å²) in [5.74, 6) is -0.188. The molecule has 4 aromatic carbocycles. The minimum Gasteiger partial charge on any atom is -0.372 e. The van der Waals surface area contributed by atoms with Gasteiger partial charge in [0.15, 0.2) is 0 Å². The molecule has 394 valence electrons. The van der Waals surface area contributed by atoms with Crippen molar-refractivity contribution in [2.24, 2.45) is 5.41 Å². The number of hydrogen-bond donors (Lipinski definition) is 5. The minimum absolute atomic E-state index is 0.0210. The number of halogens is 12. The van der Waals surface area contributed by atoms with E-state index in [9.17, 15) is 62.3 Å². The number of ether oxygens (including phenoxy) is 2. The summed E-state index contributed by atoms with van der Waals surface area (Å²) in [6, 6.07) is 17.4. The van der Waals surface area contributed by atoms with Gasteiger partial charge in [-0.1, -0.05) is 75.4 Å². The number of hydrogen-bond acceptors (Lipinski definition) is 6. The molecule has 5 N–H and O–H groups in total. The number of urea groups is 1. The maximum absolute atomic E-state index is 13.7. The van der Waals surface area contributed by atoms with Crippen LogP contribution in [0.4, 0.5) is 57.5 Å². The number of nitrogens with one attached hydrogen (secondary N) is 5. The van der Waals surface area contributed by atoms with Gasteiger partial charge in [-0.25, -0.2) is 4.79 Å². The molecule has 2 fully saturated rings. The van der Waals surface area contributed by atoms with Crippen molar-refractivity contribution in [2.75, 3.05) is 26.3 Å². The van der Waals surface area contributed by atoms with Crippen LogP contribution < -0.4 is 26.6 Å². The Balaban J connectivity index is 1.12. The minimum atomic E-state index is -5.06. The number of carbonyl (C=O) groups excluding carboxylic acids is 2. The third kappa shape index (κ3) is 14.2. The topological polar surface area (TPSA) is 113 Å². The summed E-state index contributed by atoms with van der Waals surface area (Å²) < 4.78 is 176. The van der Waals surface area contributed by atoms with Crippen molar-refractivity contribution in [3.05, 3.63) is 141 Å². The van der Waals surface area contributed by atoms with Crippen molar-refractivity contribution >= 4 is 11.9 Å². The van der Waals surface area contributed by atoms with Crippen molar-refractivity contribution in [1.29, 1.82) is 0 Å². The van der Waals surface area contributed by atoms with Crippen LogP contribution in [0.3, 0.4) is 0 Å². The predicted octanol–water partition coefficient (Wildman–Crippen LogP) is 11.9. The fourth-order valence-corrected chi connectivity index (χ4v) is 8.72. The lowest BCUT2D eigenvalue weighted by Crippen LogP contribution is -2.58. The van der Waals surface area contributed by atoms with Crippen molar-refractivity contribution < 1.29 is 71.7 Å². The van der Waals surface area contributed by atoms with Crippen molar-refractivity contribution in [1.82, 2.24) is 26.6 Å². The second kappa shape index (κ2) is 21.6. The largest absolute Gasteiger partial charge is 0.416 e. The number of piperidine rings is 2. The summed E-state index contributed by atoms with van der Waals surface area (Å²) in [6.45, 7) is 8.16. The van der Waals surface area contributed by atoms with Gasteiger partial charge in [-0.2, -0.15) is 52.7 Å². The molecule has 0 aliphatic carbocycles. The average Bonchev–Trinajstić information content (AvgIpc) is 3.31. The Kier molecular flexibility index (Phi) is 16.8. The van der Waals surface area contributed by atoms with Crippen LogP contribution in [0.2, 0.25) is 0 Å². The molecule has 2 aliphatic heterocycles. The Hall–Kier alpha value is -5.38. The van der Waals surface area contributed by atoms with Gasteiger partial charge in [0.25, 0.3) is 0 Å². The maximum Gasteiger partial charge on any atom is 0.416 e. The van der Waals surface area contributed by atoms with Crippen molar-refractivity contribution in [2.45, 2.75) is 127 Å². The smallest absolute Gasteiger partial charge is 0.372 e. The molecule has 0 aromatic heterocycles. The Labute approximate surface area is 409 Å². The Morgan fingerprint density at radius 3 is 1.40 bits per heavy atom. The normalized spacial score (nSPS) is 22.2. The van der Waals surface area contributed by atoms with Crippen molar-refractivity contribution in [3.63, 3.8) is 0 Å². The first kappa shape index (κ1) is 55.9. The van der Waals surface area contributed by atoms with E-state index >= 15 is 0 Å². The van der Waals surface area contributed by atoms with E-state index < -0.39 is 87.7 Å². The third-order valence-corrected chi connectivity index (χ3v) is 13.1. The highest BCUT2D eigenvalue weighted by atomic mass is 19.4. The molecule has 9 nitrogen and oxygen atoms in total. The highest BCUT2D eigenvalue weighted by Gasteiger charge is 2.43. The van der Waals surface area contributed by atoms with E-state index in [1.807, 2.05) is 12.1 Å². The lowest BCUT2D eigenvalue weighted by Gasteiger charge is -2.43. The lowest BCUT2D eigenvalue weighted by molar-refractivity contribution is -0.145. The first-order chi connectivity index (χ1) is 33.4. The van der Waals surface area contributed by atoms with E-state index in [0.717, 1.165) is 5.56 Å². The van der Waals surface area contributed by atoms with Gasteiger partial charge in [0, 0.05) is 37.1 Å². The molecule has 0 spiro atoms. The zero-order chi connectivity index (χ0) is 53.1. The van der Waals surface area contributed by atoms with Gasteiger partial charge in [-0.15, -0.1) is 0 Å². The number of amides is 3. The summed E-state index contributed by atoms with van der Waals surface area (Å²) in [6.07, 6.45) is -21.1. The van der Waals surface area contributed by atoms with Crippen LogP contribution in [0.15, 0.2) is 91.0 Å². The molecule has 2 saturated heterocycles. The molecule has 0 saturated carbocycles. The first-order valence-electron chi connectivity index (χ1n) is 23.2. The quantitative estimate of drug-likeness (QED) is 0.0805. The molecular formula is C51H57F12N5O4. The maximum atomic E-state index is 13.7. The SMILES string of the molecule is C[C@@H](OC[C@@]1(c2ccccc2)CC[C@H](NC(=O)NCc2cccc([C@]3(CO[C@H](C)c4cc(C(F)(F)F)cc(C(F)(F)F)c4)CC[C@H](NC(=O)C(C)(C)C)CN3)c2)CN1)c1cc(C(F)(F)F)cc(C(F)(F)F)c1. The van der Waals surface area contributed by atoms with Crippen LogP contribution in [0.1, 0.15) is 123 Å². The van der Waals surface area contributed by atoms with Crippen LogP contribution in [-0.2, 0) is 56.6 Å². The number of carbonyl (C=O) groups is 2. The van der Waals surface area contributed by atoms with Gasteiger partial charge in [-0.3, -0.25) is 4.79 Å². The van der Waals surface area contributed by atoms with Gasteiger partial charge in [0.1, 0.15) is 0 Å². The van der Waals surface area contributed by atoms with Crippen LogP contribution in [0.25, 0.3) is 0 Å². The molecule has 21 heteroatoms. The monoisotopic (exact) mass is 1030 g/mol. The summed E-state index contributed by atoms with van der Waals surface area (Å²) in [4.78, 5) is 26.2. The molecule has 0 bridgehead atoms. The molecule has 72 heavy (non-hydrogen) atoms. The van der Waals surface area contributed by atoms with Crippen molar-refractivity contribution in [3.8, 4) is 0 Å². The number of benzene rings is 4. The van der Waals surface area contributed by atoms with Crippen LogP contribution >= 0.6 is 0 Å². The summed E-state index contributed by atoms with van der Waals surface area (Å²) >= 11 is 0. The zero-order valence-electron chi connectivity index (χ0n) is 40.0. The van der Waals surface area contributed by atoms with Gasteiger partial charge < -0.3 is 36.1 Å². The average molecular weight is 1030 g/mol. The summed E-state index contributed by atoms with van der Waals surface area (Å²) in [7, 11) is 0. The summed E-state index contributed by atoms with van der Waals surface area (Å²) in [5, 5.41) is 15.6. The zero-order valence-corrected chi connectivity index (χ0v) is 40.0.